The first-order chi connectivity index (χ1) is 9.94. The highest BCUT2D eigenvalue weighted by atomic mass is 16.5. The van der Waals surface area contributed by atoms with Gasteiger partial charge in [-0.3, -0.25) is 9.59 Å². The molecule has 0 saturated heterocycles. The molecule has 1 aromatic rings. The number of ketones is 1. The maximum Gasteiger partial charge on any atom is 0.305 e. The molecule has 5 nitrogen and oxygen atoms in total. The highest BCUT2D eigenvalue weighted by Crippen LogP contribution is 2.23. The van der Waals surface area contributed by atoms with Crippen LogP contribution in [-0.4, -0.2) is 39.1 Å². The first-order valence-corrected chi connectivity index (χ1v) is 6.88. The van der Waals surface area contributed by atoms with Crippen molar-refractivity contribution < 1.29 is 19.1 Å². The van der Waals surface area contributed by atoms with E-state index >= 15 is 0 Å². The van der Waals surface area contributed by atoms with Crippen LogP contribution in [0.15, 0.2) is 12.1 Å². The summed E-state index contributed by atoms with van der Waals surface area (Å²) in [6.45, 7) is 3.77. The van der Waals surface area contributed by atoms with E-state index in [1.54, 1.807) is 14.2 Å². The molecule has 0 bridgehead atoms. The fraction of sp³-hybridized carbons (Fsp3) is 0.500. The Morgan fingerprint density at radius 1 is 1.19 bits per heavy atom. The van der Waals surface area contributed by atoms with Crippen molar-refractivity contribution in [2.24, 2.45) is 0 Å². The SMILES string of the molecule is CNC(CCC(=O)OC)C(=O)c1c(C)cc(OC)cc1C. The summed E-state index contributed by atoms with van der Waals surface area (Å²) in [6, 6.07) is 3.27. The molecule has 1 aromatic carbocycles. The third-order valence-electron chi connectivity index (χ3n) is 3.52. The number of hydrogen-bond donors (Lipinski definition) is 1. The molecule has 0 saturated carbocycles. The lowest BCUT2D eigenvalue weighted by Crippen LogP contribution is -2.35. The molecular formula is C16H23NO4. The minimum atomic E-state index is -0.408. The van der Waals surface area contributed by atoms with E-state index in [1.807, 2.05) is 26.0 Å². The predicted molar refractivity (Wildman–Crippen MR) is 80.9 cm³/mol. The number of carbonyl (C=O) groups is 2. The zero-order valence-corrected chi connectivity index (χ0v) is 13.3. The molecule has 0 aliphatic rings. The number of benzene rings is 1. The number of Topliss-reactive ketones (excluding diaryl/α,β-unsaturated/α-hetero) is 1. The fourth-order valence-corrected chi connectivity index (χ4v) is 2.38. The molecule has 5 heteroatoms. The number of methoxy groups -OCH3 is 2. The topological polar surface area (TPSA) is 64.6 Å². The van der Waals surface area contributed by atoms with E-state index in [1.165, 1.54) is 7.11 Å². The molecule has 1 N–H and O–H groups in total. The lowest BCUT2D eigenvalue weighted by Gasteiger charge is -2.18. The number of likely N-dealkylation sites (N-methyl/N-ethyl adjacent to an activating group) is 1. The fourth-order valence-electron chi connectivity index (χ4n) is 2.38. The summed E-state index contributed by atoms with van der Waals surface area (Å²) < 4.78 is 9.82. The van der Waals surface area contributed by atoms with Gasteiger partial charge in [-0.15, -0.1) is 0 Å². The Hall–Kier alpha value is -1.88. The lowest BCUT2D eigenvalue weighted by molar-refractivity contribution is -0.140. The molecule has 0 radical (unpaired) electrons. The Labute approximate surface area is 125 Å². The molecule has 116 valence electrons. The van der Waals surface area contributed by atoms with Gasteiger partial charge in [0, 0.05) is 12.0 Å². The molecular weight excluding hydrogens is 270 g/mol. The van der Waals surface area contributed by atoms with Gasteiger partial charge < -0.3 is 14.8 Å². The third-order valence-corrected chi connectivity index (χ3v) is 3.52. The van der Waals surface area contributed by atoms with E-state index in [0.29, 0.717) is 12.0 Å². The van der Waals surface area contributed by atoms with Crippen LogP contribution >= 0.6 is 0 Å². The van der Waals surface area contributed by atoms with Gasteiger partial charge in [0.15, 0.2) is 5.78 Å². The molecule has 21 heavy (non-hydrogen) atoms. The number of esters is 1. The Morgan fingerprint density at radius 2 is 1.76 bits per heavy atom. The second kappa shape index (κ2) is 7.78. The van der Waals surface area contributed by atoms with Crippen molar-refractivity contribution in [2.45, 2.75) is 32.7 Å². The number of ether oxygens (including phenoxy) is 2. The van der Waals surface area contributed by atoms with Crippen LogP contribution in [0.2, 0.25) is 0 Å². The van der Waals surface area contributed by atoms with E-state index in [9.17, 15) is 9.59 Å². The quantitative estimate of drug-likeness (QED) is 0.615. The average molecular weight is 293 g/mol. The predicted octanol–water partition coefficient (Wildman–Crippen LogP) is 2.04. The Balaban J connectivity index is 2.97. The summed E-state index contributed by atoms with van der Waals surface area (Å²) in [4.78, 5) is 23.9. The second-order valence-corrected chi connectivity index (χ2v) is 4.96. The van der Waals surface area contributed by atoms with Crippen molar-refractivity contribution in [1.29, 1.82) is 0 Å². The van der Waals surface area contributed by atoms with Gasteiger partial charge in [-0.25, -0.2) is 0 Å². The largest absolute Gasteiger partial charge is 0.497 e. The van der Waals surface area contributed by atoms with Crippen molar-refractivity contribution >= 4 is 11.8 Å². The zero-order valence-electron chi connectivity index (χ0n) is 13.3. The maximum atomic E-state index is 12.7. The Bertz CT molecular complexity index is 502. The summed E-state index contributed by atoms with van der Waals surface area (Å²) >= 11 is 0. The van der Waals surface area contributed by atoms with Crippen LogP contribution in [0.4, 0.5) is 0 Å². The van der Waals surface area contributed by atoms with Crippen LogP contribution in [0, 0.1) is 13.8 Å². The molecule has 1 unspecified atom stereocenters. The van der Waals surface area contributed by atoms with E-state index in [0.717, 1.165) is 16.9 Å². The van der Waals surface area contributed by atoms with E-state index in [4.69, 9.17) is 4.74 Å². The van der Waals surface area contributed by atoms with E-state index in [2.05, 4.69) is 10.1 Å². The van der Waals surface area contributed by atoms with Gasteiger partial charge in [0.1, 0.15) is 5.75 Å². The molecule has 0 aromatic heterocycles. The van der Waals surface area contributed by atoms with Crippen molar-refractivity contribution in [2.75, 3.05) is 21.3 Å². The molecule has 0 fully saturated rings. The molecule has 0 aliphatic carbocycles. The first kappa shape index (κ1) is 17.2. The van der Waals surface area contributed by atoms with Gasteiger partial charge >= 0.3 is 5.97 Å². The number of rotatable bonds is 7. The average Bonchev–Trinajstić information content (AvgIpc) is 2.46. The van der Waals surface area contributed by atoms with Gasteiger partial charge in [0.05, 0.1) is 20.3 Å². The van der Waals surface area contributed by atoms with Crippen LogP contribution in [-0.2, 0) is 9.53 Å². The number of aryl methyl sites for hydroxylation is 2. The number of nitrogens with one attached hydrogen (secondary N) is 1. The van der Waals surface area contributed by atoms with Gasteiger partial charge in [0.2, 0.25) is 0 Å². The Morgan fingerprint density at radius 3 is 2.19 bits per heavy atom. The highest BCUT2D eigenvalue weighted by molar-refractivity contribution is 6.02. The zero-order chi connectivity index (χ0) is 16.0. The van der Waals surface area contributed by atoms with Crippen LogP contribution < -0.4 is 10.1 Å². The van der Waals surface area contributed by atoms with E-state index in [-0.39, 0.29) is 18.2 Å². The van der Waals surface area contributed by atoms with Crippen LogP contribution in [0.1, 0.15) is 34.3 Å². The van der Waals surface area contributed by atoms with Gasteiger partial charge in [-0.1, -0.05) is 0 Å². The van der Waals surface area contributed by atoms with Crippen LogP contribution in [0.25, 0.3) is 0 Å². The van der Waals surface area contributed by atoms with Crippen molar-refractivity contribution in [3.63, 3.8) is 0 Å². The van der Waals surface area contributed by atoms with Crippen molar-refractivity contribution in [1.82, 2.24) is 5.32 Å². The normalized spacial score (nSPS) is 11.9. The second-order valence-electron chi connectivity index (χ2n) is 4.96. The molecule has 1 rings (SSSR count). The van der Waals surface area contributed by atoms with Crippen LogP contribution in [0.5, 0.6) is 5.75 Å². The smallest absolute Gasteiger partial charge is 0.305 e. The number of carbonyl (C=O) groups excluding carboxylic acids is 2. The molecule has 0 amide bonds. The van der Waals surface area contributed by atoms with Crippen LogP contribution in [0.3, 0.4) is 0 Å². The molecule has 0 heterocycles. The summed E-state index contributed by atoms with van der Waals surface area (Å²) in [7, 11) is 4.66. The third kappa shape index (κ3) is 4.29. The summed E-state index contributed by atoms with van der Waals surface area (Å²) in [6.07, 6.45) is 0.620. The van der Waals surface area contributed by atoms with Gasteiger partial charge in [-0.2, -0.15) is 0 Å². The number of hydrogen-bond acceptors (Lipinski definition) is 5. The van der Waals surface area contributed by atoms with E-state index < -0.39 is 6.04 Å². The summed E-state index contributed by atoms with van der Waals surface area (Å²) in [5, 5.41) is 2.97. The highest BCUT2D eigenvalue weighted by Gasteiger charge is 2.23. The standard InChI is InChI=1S/C16H23NO4/c1-10-8-12(20-4)9-11(2)15(10)16(19)13(17-3)6-7-14(18)21-5/h8-9,13,17H,6-7H2,1-5H3. The lowest BCUT2D eigenvalue weighted by atomic mass is 9.93. The van der Waals surface area contributed by atoms with Crippen molar-refractivity contribution in [3.8, 4) is 5.75 Å². The molecule has 1 atom stereocenters. The molecule has 0 spiro atoms. The van der Waals surface area contributed by atoms with Crippen molar-refractivity contribution in [3.05, 3.63) is 28.8 Å². The summed E-state index contributed by atoms with van der Waals surface area (Å²) in [5.74, 6) is 0.405. The minimum Gasteiger partial charge on any atom is -0.497 e. The minimum absolute atomic E-state index is 0.0148. The Kier molecular flexibility index (Phi) is 6.37. The first-order valence-electron chi connectivity index (χ1n) is 6.88. The van der Waals surface area contributed by atoms with Gasteiger partial charge in [-0.05, 0) is 50.6 Å². The maximum absolute atomic E-state index is 12.7. The van der Waals surface area contributed by atoms with Gasteiger partial charge in [0.25, 0.3) is 0 Å². The molecule has 0 aliphatic heterocycles. The monoisotopic (exact) mass is 293 g/mol. The summed E-state index contributed by atoms with van der Waals surface area (Å²) in [5.41, 5.74) is 2.42.